The van der Waals surface area contributed by atoms with E-state index in [2.05, 4.69) is 10.3 Å². The monoisotopic (exact) mass is 364 g/mol. The van der Waals surface area contributed by atoms with Crippen LogP contribution in [0, 0.1) is 5.82 Å². The summed E-state index contributed by atoms with van der Waals surface area (Å²) in [5.74, 6) is -7.39. The van der Waals surface area contributed by atoms with Crippen LogP contribution < -0.4 is 10.1 Å². The SMILES string of the molecule is CNC(=O)c1cnc(Oc2ccc(C(F)(F)C(F)(F)F)cc2)c(F)c1. The van der Waals surface area contributed by atoms with Crippen LogP contribution >= 0.6 is 0 Å². The summed E-state index contributed by atoms with van der Waals surface area (Å²) in [5, 5.41) is 2.26. The standard InChI is InChI=1S/C15H10F6N2O2/c1-22-12(24)8-6-11(16)13(23-7-8)25-10-4-2-9(3-5-10)14(17,18)15(19,20)21/h2-7H,1H3,(H,22,24). The van der Waals surface area contributed by atoms with E-state index in [0.29, 0.717) is 12.1 Å². The highest BCUT2D eigenvalue weighted by Crippen LogP contribution is 2.44. The second-order valence-corrected chi connectivity index (χ2v) is 4.79. The Balaban J connectivity index is 2.21. The first-order valence-electron chi connectivity index (χ1n) is 6.67. The number of nitrogens with zero attached hydrogens (tertiary/aromatic N) is 1. The Hall–Kier alpha value is -2.78. The van der Waals surface area contributed by atoms with Gasteiger partial charge < -0.3 is 10.1 Å². The lowest BCUT2D eigenvalue weighted by molar-refractivity contribution is -0.289. The average Bonchev–Trinajstić information content (AvgIpc) is 2.55. The van der Waals surface area contributed by atoms with E-state index >= 15 is 0 Å². The van der Waals surface area contributed by atoms with Crippen LogP contribution in [0.5, 0.6) is 11.6 Å². The zero-order chi connectivity index (χ0) is 18.8. The molecule has 0 bridgehead atoms. The fourth-order valence-corrected chi connectivity index (χ4v) is 1.78. The van der Waals surface area contributed by atoms with E-state index in [-0.39, 0.29) is 11.3 Å². The third kappa shape index (κ3) is 3.83. The van der Waals surface area contributed by atoms with Gasteiger partial charge in [-0.25, -0.2) is 9.37 Å². The highest BCUT2D eigenvalue weighted by molar-refractivity contribution is 5.93. The van der Waals surface area contributed by atoms with Crippen molar-refractivity contribution in [2.24, 2.45) is 0 Å². The maximum absolute atomic E-state index is 13.8. The van der Waals surface area contributed by atoms with Crippen molar-refractivity contribution in [1.29, 1.82) is 0 Å². The zero-order valence-electron chi connectivity index (χ0n) is 12.5. The van der Waals surface area contributed by atoms with Crippen molar-refractivity contribution >= 4 is 5.91 Å². The first-order chi connectivity index (χ1) is 11.6. The third-order valence-corrected chi connectivity index (χ3v) is 3.08. The lowest BCUT2D eigenvalue weighted by Gasteiger charge is -2.19. The molecule has 1 amide bonds. The van der Waals surface area contributed by atoms with Gasteiger partial charge in [-0.3, -0.25) is 4.79 Å². The summed E-state index contributed by atoms with van der Waals surface area (Å²) >= 11 is 0. The van der Waals surface area contributed by atoms with Crippen molar-refractivity contribution in [1.82, 2.24) is 10.3 Å². The Bertz CT molecular complexity index is 775. The van der Waals surface area contributed by atoms with Crippen LogP contribution in [0.15, 0.2) is 36.5 Å². The highest BCUT2D eigenvalue weighted by atomic mass is 19.4. The number of aromatic nitrogens is 1. The van der Waals surface area contributed by atoms with Gasteiger partial charge in [0.2, 0.25) is 0 Å². The number of rotatable bonds is 4. The molecule has 1 N–H and O–H groups in total. The molecule has 0 saturated carbocycles. The van der Waals surface area contributed by atoms with E-state index in [9.17, 15) is 31.1 Å². The van der Waals surface area contributed by atoms with Crippen LogP contribution in [0.25, 0.3) is 0 Å². The van der Waals surface area contributed by atoms with Crippen LogP contribution in [-0.2, 0) is 5.92 Å². The number of hydrogen-bond donors (Lipinski definition) is 1. The topological polar surface area (TPSA) is 51.2 Å². The molecule has 10 heteroatoms. The lowest BCUT2D eigenvalue weighted by atomic mass is 10.1. The number of pyridine rings is 1. The van der Waals surface area contributed by atoms with Crippen LogP contribution in [0.2, 0.25) is 0 Å². The molecule has 2 aromatic rings. The molecule has 1 heterocycles. The first-order valence-corrected chi connectivity index (χ1v) is 6.67. The molecule has 1 aromatic heterocycles. The molecule has 1 aromatic carbocycles. The fourth-order valence-electron chi connectivity index (χ4n) is 1.78. The minimum Gasteiger partial charge on any atom is -0.436 e. The summed E-state index contributed by atoms with van der Waals surface area (Å²) in [6.45, 7) is 0. The fraction of sp³-hybridized carbons (Fsp3) is 0.200. The van der Waals surface area contributed by atoms with Gasteiger partial charge in [-0.2, -0.15) is 22.0 Å². The molecule has 25 heavy (non-hydrogen) atoms. The minimum absolute atomic E-state index is 0.0764. The predicted octanol–water partition coefficient (Wildman–Crippen LogP) is 4.03. The Morgan fingerprint density at radius 1 is 1.12 bits per heavy atom. The number of alkyl halides is 5. The molecule has 0 atom stereocenters. The number of amides is 1. The molecule has 4 nitrogen and oxygen atoms in total. The van der Waals surface area contributed by atoms with Crippen LogP contribution in [-0.4, -0.2) is 24.1 Å². The summed E-state index contributed by atoms with van der Waals surface area (Å²) in [7, 11) is 1.34. The maximum atomic E-state index is 13.8. The van der Waals surface area contributed by atoms with E-state index in [1.54, 1.807) is 0 Å². The van der Waals surface area contributed by atoms with Gasteiger partial charge in [0.15, 0.2) is 5.82 Å². The van der Waals surface area contributed by atoms with Crippen molar-refractivity contribution in [3.8, 4) is 11.6 Å². The molecule has 2 rings (SSSR count). The zero-order valence-corrected chi connectivity index (χ0v) is 12.5. The van der Waals surface area contributed by atoms with Gasteiger partial charge in [0.05, 0.1) is 5.56 Å². The molecule has 0 aliphatic carbocycles. The number of nitrogens with one attached hydrogen (secondary N) is 1. The number of carbonyl (C=O) groups is 1. The quantitative estimate of drug-likeness (QED) is 0.834. The van der Waals surface area contributed by atoms with Crippen molar-refractivity contribution < 1.29 is 35.9 Å². The van der Waals surface area contributed by atoms with Crippen molar-refractivity contribution in [2.45, 2.75) is 12.1 Å². The van der Waals surface area contributed by atoms with Crippen LogP contribution in [0.3, 0.4) is 0 Å². The molecular formula is C15H10F6N2O2. The largest absolute Gasteiger partial charge is 0.458 e. The summed E-state index contributed by atoms with van der Waals surface area (Å²) in [6, 6.07) is 3.51. The summed E-state index contributed by atoms with van der Waals surface area (Å²) in [5.41, 5.74) is -1.36. The molecule has 0 fully saturated rings. The molecule has 0 saturated heterocycles. The smallest absolute Gasteiger partial charge is 0.436 e. The Morgan fingerprint density at radius 2 is 1.72 bits per heavy atom. The van der Waals surface area contributed by atoms with Gasteiger partial charge in [-0.1, -0.05) is 0 Å². The van der Waals surface area contributed by atoms with Gasteiger partial charge >= 0.3 is 12.1 Å². The second kappa shape index (κ2) is 6.61. The first kappa shape index (κ1) is 18.6. The molecule has 134 valence electrons. The third-order valence-electron chi connectivity index (χ3n) is 3.08. The normalized spacial score (nSPS) is 12.0. The average molecular weight is 364 g/mol. The second-order valence-electron chi connectivity index (χ2n) is 4.79. The van der Waals surface area contributed by atoms with Crippen LogP contribution in [0.4, 0.5) is 26.3 Å². The number of benzene rings is 1. The lowest BCUT2D eigenvalue weighted by Crippen LogP contribution is -2.33. The maximum Gasteiger partial charge on any atom is 0.458 e. The van der Waals surface area contributed by atoms with Crippen molar-refractivity contribution in [2.75, 3.05) is 7.05 Å². The molecule has 0 aliphatic rings. The summed E-state index contributed by atoms with van der Waals surface area (Å²) in [6.07, 6.45) is -4.72. The molecular weight excluding hydrogens is 354 g/mol. The number of hydrogen-bond acceptors (Lipinski definition) is 3. The van der Waals surface area contributed by atoms with E-state index in [1.165, 1.54) is 7.05 Å². The van der Waals surface area contributed by atoms with Crippen molar-refractivity contribution in [3.63, 3.8) is 0 Å². The number of halogens is 6. The van der Waals surface area contributed by atoms with Gasteiger partial charge in [0.1, 0.15) is 5.75 Å². The minimum atomic E-state index is -5.74. The van der Waals surface area contributed by atoms with Gasteiger partial charge in [0.25, 0.3) is 11.8 Å². The van der Waals surface area contributed by atoms with Crippen LogP contribution in [0.1, 0.15) is 15.9 Å². The summed E-state index contributed by atoms with van der Waals surface area (Å²) in [4.78, 5) is 14.9. The Kier molecular flexibility index (Phi) is 4.91. The van der Waals surface area contributed by atoms with E-state index < -0.39 is 35.3 Å². The molecule has 0 spiro atoms. The van der Waals surface area contributed by atoms with E-state index in [0.717, 1.165) is 24.4 Å². The number of ether oxygens (including phenoxy) is 1. The van der Waals surface area contributed by atoms with E-state index in [1.807, 2.05) is 0 Å². The van der Waals surface area contributed by atoms with Gasteiger partial charge in [-0.05, 0) is 30.3 Å². The Morgan fingerprint density at radius 3 is 2.20 bits per heavy atom. The summed E-state index contributed by atoms with van der Waals surface area (Å²) < 4.78 is 82.0. The molecule has 0 aliphatic heterocycles. The van der Waals surface area contributed by atoms with Crippen molar-refractivity contribution in [3.05, 3.63) is 53.5 Å². The predicted molar refractivity (Wildman–Crippen MR) is 74.1 cm³/mol. The highest BCUT2D eigenvalue weighted by Gasteiger charge is 2.58. The Labute approximate surface area is 137 Å². The van der Waals surface area contributed by atoms with Gasteiger partial charge in [-0.15, -0.1) is 0 Å². The van der Waals surface area contributed by atoms with Gasteiger partial charge in [0, 0.05) is 18.8 Å². The number of carbonyl (C=O) groups excluding carboxylic acids is 1. The molecule has 0 radical (unpaired) electrons. The molecule has 0 unspecified atom stereocenters. The van der Waals surface area contributed by atoms with E-state index in [4.69, 9.17) is 4.74 Å².